The topological polar surface area (TPSA) is 100.0 Å². The zero-order valence-corrected chi connectivity index (χ0v) is 17.4. The van der Waals surface area contributed by atoms with Crippen molar-refractivity contribution in [1.29, 1.82) is 0 Å². The molecule has 0 N–H and O–H groups in total. The molecule has 0 bridgehead atoms. The van der Waals surface area contributed by atoms with E-state index in [2.05, 4.69) is 5.10 Å². The molecule has 1 aromatic heterocycles. The van der Waals surface area contributed by atoms with E-state index >= 15 is 0 Å². The summed E-state index contributed by atoms with van der Waals surface area (Å²) >= 11 is 0. The molecule has 1 saturated heterocycles. The van der Waals surface area contributed by atoms with Crippen LogP contribution in [0, 0.1) is 13.8 Å². The monoisotopic (exact) mass is 423 g/mol. The molecule has 1 aliphatic rings. The summed E-state index contributed by atoms with van der Waals surface area (Å²) in [5.74, 6) is 0.104. The van der Waals surface area contributed by atoms with Crippen LogP contribution in [0.15, 0.2) is 35.2 Å². The first-order valence-corrected chi connectivity index (χ1v) is 10.8. The third-order valence-electron chi connectivity index (χ3n) is 4.43. The number of benzene rings is 1. The summed E-state index contributed by atoms with van der Waals surface area (Å²) in [6, 6.07) is 8.08. The van der Waals surface area contributed by atoms with E-state index in [1.807, 2.05) is 19.9 Å². The molecule has 0 aliphatic carbocycles. The van der Waals surface area contributed by atoms with E-state index in [0.717, 1.165) is 11.4 Å². The van der Waals surface area contributed by atoms with Crippen molar-refractivity contribution in [1.82, 2.24) is 14.1 Å². The number of ether oxygens (including phenoxy) is 3. The molecule has 2 heterocycles. The van der Waals surface area contributed by atoms with Gasteiger partial charge in [-0.3, -0.25) is 9.48 Å². The number of hydrogen-bond acceptors (Lipinski definition) is 7. The lowest BCUT2D eigenvalue weighted by atomic mass is 10.3. The van der Waals surface area contributed by atoms with Crippen LogP contribution in [-0.2, 0) is 30.8 Å². The minimum atomic E-state index is -3.53. The van der Waals surface area contributed by atoms with Crippen LogP contribution >= 0.6 is 0 Å². The van der Waals surface area contributed by atoms with Gasteiger partial charge in [0, 0.05) is 18.8 Å². The molecule has 1 aromatic carbocycles. The average Bonchev–Trinajstić information content (AvgIpc) is 3.03. The predicted molar refractivity (Wildman–Crippen MR) is 104 cm³/mol. The molecule has 3 rings (SSSR count). The molecule has 1 fully saturated rings. The fourth-order valence-corrected chi connectivity index (χ4v) is 4.37. The van der Waals surface area contributed by atoms with Gasteiger partial charge in [0.2, 0.25) is 10.0 Å². The van der Waals surface area contributed by atoms with Crippen LogP contribution in [0.25, 0.3) is 0 Å². The molecular formula is C19H25N3O6S. The van der Waals surface area contributed by atoms with Gasteiger partial charge in [0.25, 0.3) is 0 Å². The van der Waals surface area contributed by atoms with Gasteiger partial charge in [-0.25, -0.2) is 8.42 Å². The van der Waals surface area contributed by atoms with Crippen molar-refractivity contribution in [2.75, 3.05) is 39.5 Å². The van der Waals surface area contributed by atoms with E-state index in [1.165, 1.54) is 16.4 Å². The van der Waals surface area contributed by atoms with Crippen LogP contribution < -0.4 is 4.74 Å². The summed E-state index contributed by atoms with van der Waals surface area (Å²) in [7, 11) is -3.53. The second-order valence-corrected chi connectivity index (χ2v) is 8.58. The van der Waals surface area contributed by atoms with E-state index in [1.54, 1.807) is 16.8 Å². The Balaban J connectivity index is 1.44. The van der Waals surface area contributed by atoms with E-state index < -0.39 is 16.0 Å². The molecule has 0 radical (unpaired) electrons. The summed E-state index contributed by atoms with van der Waals surface area (Å²) in [5.41, 5.74) is 1.74. The van der Waals surface area contributed by atoms with Crippen LogP contribution in [0.5, 0.6) is 5.75 Å². The lowest BCUT2D eigenvalue weighted by Crippen LogP contribution is -2.40. The highest BCUT2D eigenvalue weighted by Gasteiger charge is 2.26. The van der Waals surface area contributed by atoms with Crippen LogP contribution in [-0.4, -0.2) is 68.0 Å². The van der Waals surface area contributed by atoms with Gasteiger partial charge < -0.3 is 14.2 Å². The number of nitrogens with zero attached hydrogens (tertiary/aromatic N) is 3. The highest BCUT2D eigenvalue weighted by atomic mass is 32.2. The highest BCUT2D eigenvalue weighted by molar-refractivity contribution is 7.89. The van der Waals surface area contributed by atoms with E-state index in [0.29, 0.717) is 32.1 Å². The lowest BCUT2D eigenvalue weighted by Gasteiger charge is -2.26. The molecule has 0 saturated carbocycles. The Morgan fingerprint density at radius 2 is 1.83 bits per heavy atom. The fourth-order valence-electron chi connectivity index (χ4n) is 2.96. The average molecular weight is 423 g/mol. The van der Waals surface area contributed by atoms with E-state index in [-0.39, 0.29) is 24.7 Å². The van der Waals surface area contributed by atoms with Gasteiger partial charge >= 0.3 is 5.97 Å². The molecule has 0 atom stereocenters. The third kappa shape index (κ3) is 5.55. The summed E-state index contributed by atoms with van der Waals surface area (Å²) in [6.07, 6.45) is 0. The van der Waals surface area contributed by atoms with Crippen molar-refractivity contribution in [3.05, 3.63) is 41.7 Å². The lowest BCUT2D eigenvalue weighted by molar-refractivity contribution is -0.145. The number of hydrogen-bond donors (Lipinski definition) is 0. The maximum atomic E-state index is 12.6. The molecule has 9 nitrogen and oxygen atoms in total. The maximum Gasteiger partial charge on any atom is 0.327 e. The summed E-state index contributed by atoms with van der Waals surface area (Å²) < 4.78 is 44.0. The van der Waals surface area contributed by atoms with Crippen molar-refractivity contribution >= 4 is 16.0 Å². The zero-order valence-electron chi connectivity index (χ0n) is 16.5. The SMILES string of the molecule is Cc1cc(C)n(CC(=O)OCCOc2ccc(S(=O)(=O)N3CCOCC3)cc2)n1. The molecule has 0 amide bonds. The summed E-state index contributed by atoms with van der Waals surface area (Å²) in [4.78, 5) is 12.1. The van der Waals surface area contributed by atoms with Crippen molar-refractivity contribution < 1.29 is 27.4 Å². The number of sulfonamides is 1. The van der Waals surface area contributed by atoms with Crippen molar-refractivity contribution in [3.63, 3.8) is 0 Å². The Morgan fingerprint density at radius 3 is 2.45 bits per heavy atom. The first kappa shape index (κ1) is 21.3. The Labute approximate surface area is 170 Å². The number of rotatable bonds is 8. The number of esters is 1. The fraction of sp³-hybridized carbons (Fsp3) is 0.474. The van der Waals surface area contributed by atoms with Gasteiger partial charge in [-0.1, -0.05) is 0 Å². The molecular weight excluding hydrogens is 398 g/mol. The van der Waals surface area contributed by atoms with Crippen LogP contribution in [0.1, 0.15) is 11.4 Å². The smallest absolute Gasteiger partial charge is 0.327 e. The molecule has 1 aliphatic heterocycles. The van der Waals surface area contributed by atoms with Gasteiger partial charge in [-0.2, -0.15) is 9.40 Å². The molecule has 158 valence electrons. The van der Waals surface area contributed by atoms with Crippen molar-refractivity contribution in [3.8, 4) is 5.75 Å². The number of aromatic nitrogens is 2. The Bertz CT molecular complexity index is 933. The number of carbonyl (C=O) groups is 1. The Kier molecular flexibility index (Phi) is 6.88. The van der Waals surface area contributed by atoms with Crippen molar-refractivity contribution in [2.24, 2.45) is 0 Å². The van der Waals surface area contributed by atoms with Crippen LogP contribution in [0.2, 0.25) is 0 Å². The number of carbonyl (C=O) groups excluding carboxylic acids is 1. The molecule has 2 aromatic rings. The predicted octanol–water partition coefficient (Wildman–Crippen LogP) is 1.14. The summed E-state index contributed by atoms with van der Waals surface area (Å²) in [5, 5.41) is 4.21. The number of aryl methyl sites for hydroxylation is 2. The number of morpholine rings is 1. The quantitative estimate of drug-likeness (QED) is 0.464. The first-order valence-electron chi connectivity index (χ1n) is 9.34. The Hall–Kier alpha value is -2.43. The summed E-state index contributed by atoms with van der Waals surface area (Å²) in [6.45, 7) is 5.54. The second kappa shape index (κ2) is 9.38. The molecule has 10 heteroatoms. The van der Waals surface area contributed by atoms with Gasteiger partial charge in [0.15, 0.2) is 0 Å². The highest BCUT2D eigenvalue weighted by Crippen LogP contribution is 2.20. The van der Waals surface area contributed by atoms with E-state index in [4.69, 9.17) is 14.2 Å². The maximum absolute atomic E-state index is 12.6. The second-order valence-electron chi connectivity index (χ2n) is 6.64. The van der Waals surface area contributed by atoms with Crippen LogP contribution in [0.3, 0.4) is 0 Å². The normalized spacial score (nSPS) is 15.2. The minimum Gasteiger partial charge on any atom is -0.490 e. The zero-order chi connectivity index (χ0) is 20.9. The largest absolute Gasteiger partial charge is 0.490 e. The molecule has 29 heavy (non-hydrogen) atoms. The Morgan fingerprint density at radius 1 is 1.14 bits per heavy atom. The van der Waals surface area contributed by atoms with Crippen LogP contribution in [0.4, 0.5) is 0 Å². The van der Waals surface area contributed by atoms with E-state index in [9.17, 15) is 13.2 Å². The van der Waals surface area contributed by atoms with Gasteiger partial charge in [-0.05, 0) is 44.2 Å². The first-order chi connectivity index (χ1) is 13.9. The minimum absolute atomic E-state index is 0.0494. The third-order valence-corrected chi connectivity index (χ3v) is 6.34. The molecule has 0 spiro atoms. The van der Waals surface area contributed by atoms with Crippen molar-refractivity contribution in [2.45, 2.75) is 25.3 Å². The van der Waals surface area contributed by atoms with Gasteiger partial charge in [-0.15, -0.1) is 0 Å². The standard InChI is InChI=1S/C19H25N3O6S/c1-15-13-16(2)22(20-15)14-19(23)28-12-11-27-17-3-5-18(6-4-17)29(24,25)21-7-9-26-10-8-21/h3-6,13H,7-12,14H2,1-2H3. The van der Waals surface area contributed by atoms with Gasteiger partial charge in [0.1, 0.15) is 25.5 Å². The van der Waals surface area contributed by atoms with Gasteiger partial charge in [0.05, 0.1) is 23.8 Å². The molecule has 0 unspecified atom stereocenters.